The van der Waals surface area contributed by atoms with E-state index < -0.39 is 6.09 Å². The van der Waals surface area contributed by atoms with Crippen LogP contribution in [0, 0.1) is 0 Å². The van der Waals surface area contributed by atoms with Crippen molar-refractivity contribution in [3.05, 3.63) is 48.0 Å². The number of hydrogen-bond acceptors (Lipinski definition) is 3. The number of nitrogens with zero attached hydrogens (tertiary/aromatic N) is 1. The topological polar surface area (TPSA) is 50.7 Å². The van der Waals surface area contributed by atoms with E-state index in [1.54, 1.807) is 0 Å². The second-order valence-corrected chi connectivity index (χ2v) is 3.86. The summed E-state index contributed by atoms with van der Waals surface area (Å²) in [5.74, 6) is 0. The summed E-state index contributed by atoms with van der Waals surface area (Å²) in [5.41, 5.74) is 4.00. The molecular weight excluding hydrogens is 228 g/mol. The Morgan fingerprint density at radius 3 is 2.61 bits per heavy atom. The van der Waals surface area contributed by atoms with Crippen molar-refractivity contribution in [2.75, 3.05) is 7.11 Å². The quantitative estimate of drug-likeness (QED) is 0.650. The monoisotopic (exact) mass is 242 g/mol. The predicted molar refractivity (Wildman–Crippen MR) is 71.7 cm³/mol. The van der Waals surface area contributed by atoms with Crippen LogP contribution in [0.3, 0.4) is 0 Å². The van der Waals surface area contributed by atoms with Crippen LogP contribution in [0.15, 0.2) is 47.6 Å². The average molecular weight is 242 g/mol. The molecule has 4 nitrogen and oxygen atoms in total. The van der Waals surface area contributed by atoms with Crippen LogP contribution in [0.25, 0.3) is 10.8 Å². The van der Waals surface area contributed by atoms with Gasteiger partial charge in [-0.2, -0.15) is 5.10 Å². The molecule has 2 aromatic carbocycles. The van der Waals surface area contributed by atoms with E-state index in [-0.39, 0.29) is 0 Å². The summed E-state index contributed by atoms with van der Waals surface area (Å²) in [6, 6.07) is 14.1. The molecule has 0 unspecified atom stereocenters. The highest BCUT2D eigenvalue weighted by atomic mass is 16.5. The summed E-state index contributed by atoms with van der Waals surface area (Å²) in [6.07, 6.45) is -0.574. The van der Waals surface area contributed by atoms with Crippen molar-refractivity contribution in [3.8, 4) is 0 Å². The number of rotatable bonds is 2. The van der Waals surface area contributed by atoms with Crippen molar-refractivity contribution >= 4 is 22.6 Å². The molecule has 4 heteroatoms. The number of amides is 1. The Hall–Kier alpha value is -2.36. The van der Waals surface area contributed by atoms with Crippen LogP contribution in [0.2, 0.25) is 0 Å². The zero-order chi connectivity index (χ0) is 13.0. The van der Waals surface area contributed by atoms with Gasteiger partial charge in [-0.1, -0.05) is 36.4 Å². The fraction of sp³-hybridized carbons (Fsp3) is 0.143. The molecule has 18 heavy (non-hydrogen) atoms. The van der Waals surface area contributed by atoms with Gasteiger partial charge in [-0.15, -0.1) is 0 Å². The van der Waals surface area contributed by atoms with Crippen LogP contribution in [-0.4, -0.2) is 18.9 Å². The molecule has 0 aliphatic carbocycles. The second kappa shape index (κ2) is 5.31. The average Bonchev–Trinajstić information content (AvgIpc) is 2.43. The van der Waals surface area contributed by atoms with Crippen LogP contribution in [0.5, 0.6) is 0 Å². The molecule has 1 amide bonds. The third-order valence-corrected chi connectivity index (χ3v) is 2.67. The molecule has 2 aromatic rings. The lowest BCUT2D eigenvalue weighted by atomic mass is 10.0. The van der Waals surface area contributed by atoms with E-state index >= 15 is 0 Å². The summed E-state index contributed by atoms with van der Waals surface area (Å²) >= 11 is 0. The zero-order valence-corrected chi connectivity index (χ0v) is 10.3. The van der Waals surface area contributed by atoms with Crippen molar-refractivity contribution in [1.29, 1.82) is 0 Å². The number of carbonyl (C=O) groups is 1. The van der Waals surface area contributed by atoms with Gasteiger partial charge in [0.25, 0.3) is 0 Å². The summed E-state index contributed by atoms with van der Waals surface area (Å²) in [5, 5.41) is 6.28. The van der Waals surface area contributed by atoms with Crippen molar-refractivity contribution in [2.45, 2.75) is 6.92 Å². The molecule has 2 rings (SSSR count). The normalized spacial score (nSPS) is 11.3. The van der Waals surface area contributed by atoms with Crippen LogP contribution >= 0.6 is 0 Å². The lowest BCUT2D eigenvalue weighted by Crippen LogP contribution is -2.18. The smallest absolute Gasteiger partial charge is 0.427 e. The summed E-state index contributed by atoms with van der Waals surface area (Å²) < 4.78 is 4.45. The molecule has 0 aliphatic rings. The van der Waals surface area contributed by atoms with Crippen LogP contribution in [-0.2, 0) is 4.74 Å². The SMILES string of the molecule is COC(=O)NN=C(C)c1ccc2ccccc2c1. The van der Waals surface area contributed by atoms with Gasteiger partial charge in [-0.25, -0.2) is 10.2 Å². The van der Waals surface area contributed by atoms with Gasteiger partial charge in [0.2, 0.25) is 0 Å². The van der Waals surface area contributed by atoms with Crippen molar-refractivity contribution in [3.63, 3.8) is 0 Å². The van der Waals surface area contributed by atoms with Gasteiger partial charge in [0.05, 0.1) is 12.8 Å². The fourth-order valence-corrected chi connectivity index (χ4v) is 1.65. The molecule has 1 N–H and O–H groups in total. The Balaban J connectivity index is 2.27. The second-order valence-electron chi connectivity index (χ2n) is 3.86. The lowest BCUT2D eigenvalue weighted by Gasteiger charge is -2.04. The minimum absolute atomic E-state index is 0.574. The van der Waals surface area contributed by atoms with Gasteiger partial charge in [0.15, 0.2) is 0 Å². The van der Waals surface area contributed by atoms with Gasteiger partial charge in [-0.05, 0) is 29.3 Å². The summed E-state index contributed by atoms with van der Waals surface area (Å²) in [7, 11) is 1.30. The van der Waals surface area contributed by atoms with E-state index in [0.717, 1.165) is 16.7 Å². The first kappa shape index (κ1) is 12.1. The molecule has 0 aromatic heterocycles. The third kappa shape index (κ3) is 2.66. The van der Waals surface area contributed by atoms with E-state index in [2.05, 4.69) is 21.3 Å². The zero-order valence-electron chi connectivity index (χ0n) is 10.3. The number of benzene rings is 2. The standard InChI is InChI=1S/C14H14N2O2/c1-10(15-16-14(17)18-2)12-8-7-11-5-3-4-6-13(11)9-12/h3-9H,1-2H3,(H,16,17). The first-order chi connectivity index (χ1) is 8.70. The van der Waals surface area contributed by atoms with Crippen LogP contribution < -0.4 is 5.43 Å². The number of methoxy groups -OCH3 is 1. The molecular formula is C14H14N2O2. The molecule has 92 valence electrons. The molecule has 0 spiro atoms. The Bertz CT molecular complexity index is 606. The Labute approximate surface area is 105 Å². The van der Waals surface area contributed by atoms with Crippen molar-refractivity contribution in [1.82, 2.24) is 5.43 Å². The minimum atomic E-state index is -0.574. The molecule has 0 radical (unpaired) electrons. The van der Waals surface area contributed by atoms with E-state index in [1.807, 2.05) is 43.3 Å². The highest BCUT2D eigenvalue weighted by Gasteiger charge is 2.01. The van der Waals surface area contributed by atoms with Crippen molar-refractivity contribution in [2.24, 2.45) is 5.10 Å². The number of carbonyl (C=O) groups excluding carboxylic acids is 1. The molecule has 0 atom stereocenters. The highest BCUT2D eigenvalue weighted by molar-refractivity contribution is 6.02. The molecule has 0 heterocycles. The largest absolute Gasteiger partial charge is 0.452 e. The lowest BCUT2D eigenvalue weighted by molar-refractivity contribution is 0.171. The van der Waals surface area contributed by atoms with Gasteiger partial charge in [0.1, 0.15) is 0 Å². The maximum atomic E-state index is 10.9. The van der Waals surface area contributed by atoms with E-state index in [9.17, 15) is 4.79 Å². The van der Waals surface area contributed by atoms with Crippen LogP contribution in [0.1, 0.15) is 12.5 Å². The Morgan fingerprint density at radius 1 is 1.17 bits per heavy atom. The highest BCUT2D eigenvalue weighted by Crippen LogP contribution is 2.15. The molecule has 0 aliphatic heterocycles. The molecule has 0 saturated carbocycles. The fourth-order valence-electron chi connectivity index (χ4n) is 1.65. The Morgan fingerprint density at radius 2 is 1.89 bits per heavy atom. The Kier molecular flexibility index (Phi) is 3.57. The maximum Gasteiger partial charge on any atom is 0.427 e. The summed E-state index contributed by atoms with van der Waals surface area (Å²) in [4.78, 5) is 10.9. The van der Waals surface area contributed by atoms with Gasteiger partial charge in [0, 0.05) is 0 Å². The first-order valence-corrected chi connectivity index (χ1v) is 5.58. The van der Waals surface area contributed by atoms with E-state index in [0.29, 0.717) is 0 Å². The first-order valence-electron chi connectivity index (χ1n) is 5.58. The van der Waals surface area contributed by atoms with Gasteiger partial charge < -0.3 is 4.74 Å². The van der Waals surface area contributed by atoms with Crippen LogP contribution in [0.4, 0.5) is 4.79 Å². The molecule has 0 bridgehead atoms. The predicted octanol–water partition coefficient (Wildman–Crippen LogP) is 2.92. The number of nitrogens with one attached hydrogen (secondary N) is 1. The van der Waals surface area contributed by atoms with Crippen molar-refractivity contribution < 1.29 is 9.53 Å². The van der Waals surface area contributed by atoms with Gasteiger partial charge in [-0.3, -0.25) is 0 Å². The van der Waals surface area contributed by atoms with E-state index in [1.165, 1.54) is 12.5 Å². The number of fused-ring (bicyclic) bond motifs is 1. The maximum absolute atomic E-state index is 10.9. The molecule has 0 fully saturated rings. The number of hydrogen-bond donors (Lipinski definition) is 1. The summed E-state index contributed by atoms with van der Waals surface area (Å²) in [6.45, 7) is 1.83. The van der Waals surface area contributed by atoms with E-state index in [4.69, 9.17) is 0 Å². The third-order valence-electron chi connectivity index (χ3n) is 2.67. The van der Waals surface area contributed by atoms with Gasteiger partial charge >= 0.3 is 6.09 Å². The number of hydrazone groups is 1. The molecule has 0 saturated heterocycles. The minimum Gasteiger partial charge on any atom is -0.452 e. The number of ether oxygens (including phenoxy) is 1.